The van der Waals surface area contributed by atoms with Gasteiger partial charge < -0.3 is 9.84 Å². The van der Waals surface area contributed by atoms with Crippen molar-refractivity contribution in [2.24, 2.45) is 0 Å². The zero-order valence-electron chi connectivity index (χ0n) is 9.64. The second-order valence-corrected chi connectivity index (χ2v) is 4.61. The van der Waals surface area contributed by atoms with E-state index in [0.717, 1.165) is 0 Å². The van der Waals surface area contributed by atoms with E-state index in [9.17, 15) is 9.18 Å². The summed E-state index contributed by atoms with van der Waals surface area (Å²) in [6.07, 6.45) is 1.42. The maximum atomic E-state index is 13.4. The summed E-state index contributed by atoms with van der Waals surface area (Å²) < 4.78 is 19.2. The molecular formula is C13H9BrFNO3. The van der Waals surface area contributed by atoms with Crippen molar-refractivity contribution in [1.29, 1.82) is 0 Å². The van der Waals surface area contributed by atoms with Gasteiger partial charge in [0.05, 0.1) is 0 Å². The van der Waals surface area contributed by atoms with Gasteiger partial charge in [-0.1, -0.05) is 18.2 Å². The van der Waals surface area contributed by atoms with Crippen molar-refractivity contribution in [3.05, 3.63) is 57.9 Å². The van der Waals surface area contributed by atoms with Crippen LogP contribution in [0.2, 0.25) is 0 Å². The van der Waals surface area contributed by atoms with E-state index in [-0.39, 0.29) is 18.1 Å². The van der Waals surface area contributed by atoms with Gasteiger partial charge in [-0.05, 0) is 28.1 Å². The van der Waals surface area contributed by atoms with Crippen LogP contribution in [-0.2, 0) is 6.61 Å². The summed E-state index contributed by atoms with van der Waals surface area (Å²) in [5, 5.41) is 9.03. The molecule has 0 spiro atoms. The third kappa shape index (κ3) is 3.29. The van der Waals surface area contributed by atoms with Crippen LogP contribution >= 0.6 is 15.9 Å². The van der Waals surface area contributed by atoms with Gasteiger partial charge in [0.1, 0.15) is 18.0 Å². The predicted octanol–water partition coefficient (Wildman–Crippen LogP) is 3.26. The summed E-state index contributed by atoms with van der Waals surface area (Å²) >= 11 is 3.13. The number of carboxylic acid groups (broad SMARTS) is 1. The Labute approximate surface area is 117 Å². The Balaban J connectivity index is 2.20. The molecule has 2 rings (SSSR count). The first-order valence-electron chi connectivity index (χ1n) is 5.33. The number of ether oxygens (including phenoxy) is 1. The quantitative estimate of drug-likeness (QED) is 0.937. The number of hydrogen-bond acceptors (Lipinski definition) is 3. The molecule has 0 fully saturated rings. The molecule has 0 atom stereocenters. The Morgan fingerprint density at radius 2 is 2.16 bits per heavy atom. The average Bonchev–Trinajstić information content (AvgIpc) is 2.38. The fraction of sp³-hybridized carbons (Fsp3) is 0.0769. The van der Waals surface area contributed by atoms with E-state index in [4.69, 9.17) is 9.84 Å². The smallest absolute Gasteiger partial charge is 0.341 e. The first-order valence-corrected chi connectivity index (χ1v) is 6.12. The second kappa shape index (κ2) is 5.79. The number of pyridine rings is 1. The van der Waals surface area contributed by atoms with Gasteiger partial charge in [0.25, 0.3) is 0 Å². The van der Waals surface area contributed by atoms with Crippen molar-refractivity contribution in [3.63, 3.8) is 0 Å². The molecule has 4 nitrogen and oxygen atoms in total. The van der Waals surface area contributed by atoms with Crippen LogP contribution in [0.1, 0.15) is 15.9 Å². The number of halogens is 2. The molecule has 1 aromatic heterocycles. The van der Waals surface area contributed by atoms with Crippen molar-refractivity contribution in [1.82, 2.24) is 4.98 Å². The molecule has 6 heteroatoms. The minimum absolute atomic E-state index is 0.0426. The van der Waals surface area contributed by atoms with Gasteiger partial charge in [0.2, 0.25) is 5.88 Å². The third-order valence-electron chi connectivity index (χ3n) is 2.37. The number of aromatic carboxylic acids is 1. The van der Waals surface area contributed by atoms with Gasteiger partial charge in [0, 0.05) is 16.2 Å². The van der Waals surface area contributed by atoms with Crippen molar-refractivity contribution in [2.75, 3.05) is 0 Å². The summed E-state index contributed by atoms with van der Waals surface area (Å²) in [7, 11) is 0. The summed E-state index contributed by atoms with van der Waals surface area (Å²) in [6, 6.07) is 7.50. The van der Waals surface area contributed by atoms with Crippen LogP contribution in [0.4, 0.5) is 4.39 Å². The number of hydrogen-bond donors (Lipinski definition) is 1. The third-order valence-corrected chi connectivity index (χ3v) is 2.80. The van der Waals surface area contributed by atoms with Crippen LogP contribution in [-0.4, -0.2) is 16.1 Å². The summed E-state index contributed by atoms with van der Waals surface area (Å²) in [6.45, 7) is -0.0818. The highest BCUT2D eigenvalue weighted by molar-refractivity contribution is 9.10. The Kier molecular flexibility index (Phi) is 4.11. The number of rotatable bonds is 4. The second-order valence-electron chi connectivity index (χ2n) is 3.69. The normalized spacial score (nSPS) is 10.2. The maximum absolute atomic E-state index is 13.4. The Morgan fingerprint density at radius 1 is 1.42 bits per heavy atom. The Hall–Kier alpha value is -1.95. The first-order chi connectivity index (χ1) is 9.08. The van der Waals surface area contributed by atoms with Gasteiger partial charge in [-0.3, -0.25) is 0 Å². The summed E-state index contributed by atoms with van der Waals surface area (Å²) in [5.74, 6) is -1.60. The van der Waals surface area contributed by atoms with Crippen molar-refractivity contribution < 1.29 is 19.0 Å². The lowest BCUT2D eigenvalue weighted by Gasteiger charge is -2.08. The van der Waals surface area contributed by atoms with E-state index in [1.165, 1.54) is 18.3 Å². The fourth-order valence-corrected chi connectivity index (χ4v) is 1.79. The van der Waals surface area contributed by atoms with Crippen LogP contribution in [0, 0.1) is 5.82 Å². The lowest BCUT2D eigenvalue weighted by molar-refractivity contribution is 0.0690. The number of carboxylic acids is 1. The minimum Gasteiger partial charge on any atom is -0.477 e. The van der Waals surface area contributed by atoms with Crippen LogP contribution in [0.25, 0.3) is 0 Å². The van der Waals surface area contributed by atoms with E-state index >= 15 is 0 Å². The highest BCUT2D eigenvalue weighted by Gasteiger charge is 2.14. The molecule has 98 valence electrons. The van der Waals surface area contributed by atoms with Crippen molar-refractivity contribution in [3.8, 4) is 5.88 Å². The van der Waals surface area contributed by atoms with Gasteiger partial charge in [-0.15, -0.1) is 0 Å². The van der Waals surface area contributed by atoms with E-state index in [1.807, 2.05) is 0 Å². The highest BCUT2D eigenvalue weighted by atomic mass is 79.9. The van der Waals surface area contributed by atoms with Gasteiger partial charge in [-0.25, -0.2) is 14.2 Å². The molecule has 0 aliphatic carbocycles. The number of aromatic nitrogens is 1. The molecule has 0 aliphatic heterocycles. The molecule has 0 saturated heterocycles. The molecule has 1 aromatic carbocycles. The lowest BCUT2D eigenvalue weighted by Crippen LogP contribution is -2.06. The van der Waals surface area contributed by atoms with E-state index in [0.29, 0.717) is 10.0 Å². The van der Waals surface area contributed by atoms with Crippen LogP contribution in [0.15, 0.2) is 41.0 Å². The maximum Gasteiger partial charge on any atom is 0.341 e. The molecule has 0 aliphatic rings. The minimum atomic E-state index is -1.16. The van der Waals surface area contributed by atoms with Crippen molar-refractivity contribution in [2.45, 2.75) is 6.61 Å². The molecule has 0 radical (unpaired) electrons. The van der Waals surface area contributed by atoms with Crippen LogP contribution in [0.3, 0.4) is 0 Å². The molecule has 0 unspecified atom stereocenters. The predicted molar refractivity (Wildman–Crippen MR) is 69.6 cm³/mol. The molecule has 1 N–H and O–H groups in total. The number of benzene rings is 1. The van der Waals surface area contributed by atoms with Gasteiger partial charge >= 0.3 is 5.97 Å². The molecule has 2 aromatic rings. The van der Waals surface area contributed by atoms with Crippen LogP contribution in [0.5, 0.6) is 5.88 Å². The lowest BCUT2D eigenvalue weighted by atomic mass is 10.2. The number of carbonyl (C=O) groups is 1. The van der Waals surface area contributed by atoms with Crippen molar-refractivity contribution >= 4 is 21.9 Å². The first kappa shape index (κ1) is 13.5. The molecule has 0 amide bonds. The van der Waals surface area contributed by atoms with E-state index in [2.05, 4.69) is 20.9 Å². The molecule has 0 saturated carbocycles. The molecule has 0 bridgehead atoms. The largest absolute Gasteiger partial charge is 0.477 e. The molecular weight excluding hydrogens is 317 g/mol. The van der Waals surface area contributed by atoms with Gasteiger partial charge in [0.15, 0.2) is 0 Å². The van der Waals surface area contributed by atoms with Crippen LogP contribution < -0.4 is 4.74 Å². The topological polar surface area (TPSA) is 59.4 Å². The SMILES string of the molecule is O=C(O)c1cc(Br)cnc1OCc1ccccc1F. The zero-order valence-corrected chi connectivity index (χ0v) is 11.2. The monoisotopic (exact) mass is 325 g/mol. The highest BCUT2D eigenvalue weighted by Crippen LogP contribution is 2.21. The summed E-state index contributed by atoms with van der Waals surface area (Å²) in [5.41, 5.74) is 0.259. The molecule has 1 heterocycles. The zero-order chi connectivity index (χ0) is 13.8. The average molecular weight is 326 g/mol. The van der Waals surface area contributed by atoms with Gasteiger partial charge in [-0.2, -0.15) is 0 Å². The fourth-order valence-electron chi connectivity index (χ4n) is 1.46. The molecule has 19 heavy (non-hydrogen) atoms. The Morgan fingerprint density at radius 3 is 2.84 bits per heavy atom. The Bertz CT molecular complexity index is 619. The summed E-state index contributed by atoms with van der Waals surface area (Å²) in [4.78, 5) is 14.9. The van der Waals surface area contributed by atoms with E-state index < -0.39 is 11.8 Å². The van der Waals surface area contributed by atoms with E-state index in [1.54, 1.807) is 18.2 Å². The standard InChI is InChI=1S/C13H9BrFNO3/c14-9-5-10(13(17)18)12(16-6-9)19-7-8-3-1-2-4-11(8)15/h1-6H,7H2,(H,17,18). The number of nitrogens with zero attached hydrogens (tertiary/aromatic N) is 1.